The number of aromatic amines is 1. The molecule has 4 nitrogen and oxygen atoms in total. The van der Waals surface area contributed by atoms with Crippen LogP contribution in [0.2, 0.25) is 0 Å². The van der Waals surface area contributed by atoms with Crippen LogP contribution in [0.4, 0.5) is 18.9 Å². The number of hydrogen-bond donors (Lipinski definition) is 3. The Morgan fingerprint density at radius 3 is 2.36 bits per heavy atom. The summed E-state index contributed by atoms with van der Waals surface area (Å²) in [6.45, 7) is 0. The van der Waals surface area contributed by atoms with Crippen molar-refractivity contribution in [3.05, 3.63) is 63.6 Å². The second-order valence-electron chi connectivity index (χ2n) is 6.17. The zero-order chi connectivity index (χ0) is 18.0. The SMILES string of the molecule is N=C(c1ccc(C(F)(F)F)cc1)c1c(NC2CCCC2)cc[nH]c1=O. The van der Waals surface area contributed by atoms with E-state index in [-0.39, 0.29) is 22.9 Å². The number of aromatic nitrogens is 1. The lowest BCUT2D eigenvalue weighted by molar-refractivity contribution is -0.137. The number of halogens is 3. The lowest BCUT2D eigenvalue weighted by Gasteiger charge is -2.17. The molecule has 1 aliphatic rings. The minimum atomic E-state index is -4.43. The van der Waals surface area contributed by atoms with E-state index >= 15 is 0 Å². The van der Waals surface area contributed by atoms with Gasteiger partial charge < -0.3 is 10.3 Å². The molecule has 0 bridgehead atoms. The number of rotatable bonds is 4. The summed E-state index contributed by atoms with van der Waals surface area (Å²) in [6, 6.07) is 6.22. The van der Waals surface area contributed by atoms with Gasteiger partial charge in [-0.25, -0.2) is 0 Å². The van der Waals surface area contributed by atoms with Gasteiger partial charge in [-0.2, -0.15) is 13.2 Å². The third-order valence-electron chi connectivity index (χ3n) is 4.43. The summed E-state index contributed by atoms with van der Waals surface area (Å²) in [6.07, 6.45) is 1.31. The average Bonchev–Trinajstić information content (AvgIpc) is 3.07. The van der Waals surface area contributed by atoms with Crippen molar-refractivity contribution in [1.29, 1.82) is 5.41 Å². The zero-order valence-corrected chi connectivity index (χ0v) is 13.4. The molecule has 0 saturated heterocycles. The van der Waals surface area contributed by atoms with Crippen molar-refractivity contribution in [1.82, 2.24) is 4.98 Å². The van der Waals surface area contributed by atoms with E-state index in [0.717, 1.165) is 37.8 Å². The van der Waals surface area contributed by atoms with Crippen LogP contribution >= 0.6 is 0 Å². The molecule has 1 aliphatic carbocycles. The highest BCUT2D eigenvalue weighted by atomic mass is 19.4. The van der Waals surface area contributed by atoms with Crippen LogP contribution in [-0.2, 0) is 6.18 Å². The van der Waals surface area contributed by atoms with Crippen LogP contribution in [0.15, 0.2) is 41.3 Å². The normalized spacial score (nSPS) is 15.3. The Balaban J connectivity index is 1.92. The smallest absolute Gasteiger partial charge is 0.382 e. The molecular weight excluding hydrogens is 331 g/mol. The molecule has 1 aromatic heterocycles. The average molecular weight is 349 g/mol. The molecule has 7 heteroatoms. The first kappa shape index (κ1) is 17.3. The maximum absolute atomic E-state index is 12.7. The van der Waals surface area contributed by atoms with E-state index < -0.39 is 17.3 Å². The predicted octanol–water partition coefficient (Wildman–Crippen LogP) is 4.16. The molecular formula is C18H18F3N3O. The summed E-state index contributed by atoms with van der Waals surface area (Å²) in [5.41, 5.74) is -0.367. The van der Waals surface area contributed by atoms with Crippen molar-refractivity contribution in [2.24, 2.45) is 0 Å². The highest BCUT2D eigenvalue weighted by Crippen LogP contribution is 2.30. The van der Waals surface area contributed by atoms with Crippen LogP contribution in [0.25, 0.3) is 0 Å². The summed E-state index contributed by atoms with van der Waals surface area (Å²) >= 11 is 0. The molecule has 25 heavy (non-hydrogen) atoms. The van der Waals surface area contributed by atoms with Gasteiger partial charge in [0.25, 0.3) is 5.56 Å². The van der Waals surface area contributed by atoms with Gasteiger partial charge in [0.15, 0.2) is 0 Å². The Morgan fingerprint density at radius 2 is 1.76 bits per heavy atom. The van der Waals surface area contributed by atoms with Crippen molar-refractivity contribution < 1.29 is 13.2 Å². The van der Waals surface area contributed by atoms with E-state index in [1.165, 1.54) is 18.3 Å². The van der Waals surface area contributed by atoms with Crippen LogP contribution in [0.5, 0.6) is 0 Å². The molecule has 0 atom stereocenters. The summed E-state index contributed by atoms with van der Waals surface area (Å²) in [5.74, 6) is 0. The second kappa shape index (κ2) is 6.74. The van der Waals surface area contributed by atoms with Crippen LogP contribution < -0.4 is 10.9 Å². The number of H-pyrrole nitrogens is 1. The molecule has 132 valence electrons. The fourth-order valence-corrected chi connectivity index (χ4v) is 3.11. The van der Waals surface area contributed by atoms with E-state index in [0.29, 0.717) is 5.69 Å². The second-order valence-corrected chi connectivity index (χ2v) is 6.17. The van der Waals surface area contributed by atoms with Gasteiger partial charge in [0.2, 0.25) is 0 Å². The third-order valence-corrected chi connectivity index (χ3v) is 4.43. The van der Waals surface area contributed by atoms with E-state index in [1.807, 2.05) is 0 Å². The molecule has 0 aliphatic heterocycles. The molecule has 3 N–H and O–H groups in total. The largest absolute Gasteiger partial charge is 0.416 e. The fraction of sp³-hybridized carbons (Fsp3) is 0.333. The predicted molar refractivity (Wildman–Crippen MR) is 90.3 cm³/mol. The zero-order valence-electron chi connectivity index (χ0n) is 13.4. The first-order valence-corrected chi connectivity index (χ1v) is 8.11. The van der Waals surface area contributed by atoms with Gasteiger partial charge in [0.05, 0.1) is 22.5 Å². The van der Waals surface area contributed by atoms with Crippen LogP contribution in [0.3, 0.4) is 0 Å². The number of pyridine rings is 1. The summed E-state index contributed by atoms with van der Waals surface area (Å²) in [5, 5.41) is 11.6. The van der Waals surface area contributed by atoms with Gasteiger partial charge in [-0.1, -0.05) is 25.0 Å². The van der Waals surface area contributed by atoms with Crippen LogP contribution in [0, 0.1) is 5.41 Å². The van der Waals surface area contributed by atoms with Gasteiger partial charge >= 0.3 is 6.18 Å². The van der Waals surface area contributed by atoms with Crippen molar-refractivity contribution in [2.45, 2.75) is 37.9 Å². The van der Waals surface area contributed by atoms with Crippen molar-refractivity contribution in [3.8, 4) is 0 Å². The van der Waals surface area contributed by atoms with Gasteiger partial charge in [-0.3, -0.25) is 10.2 Å². The van der Waals surface area contributed by atoms with Gasteiger partial charge in [0.1, 0.15) is 0 Å². The van der Waals surface area contributed by atoms with Gasteiger partial charge in [0, 0.05) is 17.8 Å². The molecule has 0 radical (unpaired) electrons. The molecule has 1 saturated carbocycles. The van der Waals surface area contributed by atoms with Gasteiger partial charge in [-0.15, -0.1) is 0 Å². The number of hydrogen-bond acceptors (Lipinski definition) is 3. The quantitative estimate of drug-likeness (QED) is 0.725. The molecule has 1 fully saturated rings. The standard InChI is InChI=1S/C18H18F3N3O/c19-18(20,21)12-7-5-11(6-8-12)16(22)15-14(9-10-23-17(15)25)24-13-3-1-2-4-13/h5-10,13,22H,1-4H2,(H2,23,24,25). The molecule has 0 unspecified atom stereocenters. The molecule has 3 rings (SSSR count). The Morgan fingerprint density at radius 1 is 1.12 bits per heavy atom. The summed E-state index contributed by atoms with van der Waals surface area (Å²) in [7, 11) is 0. The molecule has 2 aromatic rings. The minimum absolute atomic E-state index is 0.101. The van der Waals surface area contributed by atoms with Crippen molar-refractivity contribution in [3.63, 3.8) is 0 Å². The minimum Gasteiger partial charge on any atom is -0.382 e. The highest BCUT2D eigenvalue weighted by molar-refractivity contribution is 6.13. The molecule has 1 aromatic carbocycles. The van der Waals surface area contributed by atoms with Crippen molar-refractivity contribution in [2.75, 3.05) is 5.32 Å². The van der Waals surface area contributed by atoms with E-state index in [9.17, 15) is 18.0 Å². The first-order chi connectivity index (χ1) is 11.9. The molecule has 0 spiro atoms. The lowest BCUT2D eigenvalue weighted by atomic mass is 10.0. The Labute approximate surface area is 142 Å². The summed E-state index contributed by atoms with van der Waals surface area (Å²) in [4.78, 5) is 14.8. The number of nitrogens with one attached hydrogen (secondary N) is 3. The first-order valence-electron chi connectivity index (χ1n) is 8.11. The topological polar surface area (TPSA) is 68.7 Å². The Kier molecular flexibility index (Phi) is 4.65. The van der Waals surface area contributed by atoms with Crippen LogP contribution in [0.1, 0.15) is 42.4 Å². The maximum Gasteiger partial charge on any atom is 0.416 e. The van der Waals surface area contributed by atoms with E-state index in [4.69, 9.17) is 5.41 Å². The molecule has 1 heterocycles. The molecule has 0 amide bonds. The fourth-order valence-electron chi connectivity index (χ4n) is 3.11. The summed E-state index contributed by atoms with van der Waals surface area (Å²) < 4.78 is 38.0. The maximum atomic E-state index is 12.7. The van der Waals surface area contributed by atoms with E-state index in [2.05, 4.69) is 10.3 Å². The highest BCUT2D eigenvalue weighted by Gasteiger charge is 2.30. The number of alkyl halides is 3. The third kappa shape index (κ3) is 3.75. The van der Waals surface area contributed by atoms with Gasteiger partial charge in [-0.05, 0) is 31.0 Å². The van der Waals surface area contributed by atoms with E-state index in [1.54, 1.807) is 6.07 Å². The Hall–Kier alpha value is -2.57. The monoisotopic (exact) mass is 349 g/mol. The van der Waals surface area contributed by atoms with Crippen molar-refractivity contribution >= 4 is 11.4 Å². The Bertz CT molecular complexity index is 819. The number of benzene rings is 1. The lowest BCUT2D eigenvalue weighted by Crippen LogP contribution is -2.24. The van der Waals surface area contributed by atoms with Crippen LogP contribution in [-0.4, -0.2) is 16.7 Å². The number of anilines is 1.